The summed E-state index contributed by atoms with van der Waals surface area (Å²) in [4.78, 5) is 2.43. The van der Waals surface area contributed by atoms with Gasteiger partial charge in [-0.2, -0.15) is 0 Å². The van der Waals surface area contributed by atoms with Crippen molar-refractivity contribution < 1.29 is 4.74 Å². The molecule has 3 nitrogen and oxygen atoms in total. The lowest BCUT2D eigenvalue weighted by atomic mass is 9.67. The van der Waals surface area contributed by atoms with Gasteiger partial charge < -0.3 is 9.30 Å². The number of aryl methyl sites for hydroxylation is 1. The molecule has 0 bridgehead atoms. The fraction of sp³-hybridized carbons (Fsp3) is 0.481. The minimum Gasteiger partial charge on any atom is -0.365 e. The Bertz CT molecular complexity index is 1030. The number of para-hydroxylation sites is 1. The highest BCUT2D eigenvalue weighted by Gasteiger charge is 2.50. The summed E-state index contributed by atoms with van der Waals surface area (Å²) in [5, 5.41) is 1.41. The molecule has 0 radical (unpaired) electrons. The molecule has 5 rings (SSSR count). The molecule has 2 aliphatic rings. The molecule has 1 aliphatic heterocycles. The Morgan fingerprint density at radius 1 is 0.933 bits per heavy atom. The van der Waals surface area contributed by atoms with E-state index in [9.17, 15) is 0 Å². The lowest BCUT2D eigenvalue weighted by Crippen LogP contribution is -2.51. The predicted octanol–water partition coefficient (Wildman–Crippen LogP) is 6.00. The molecule has 0 N–H and O–H groups in total. The van der Waals surface area contributed by atoms with E-state index >= 15 is 0 Å². The van der Waals surface area contributed by atoms with E-state index in [1.807, 2.05) is 0 Å². The van der Waals surface area contributed by atoms with E-state index in [-0.39, 0.29) is 24.7 Å². The molecule has 3 aromatic rings. The average Bonchev–Trinajstić information content (AvgIpc) is 3.02. The molecule has 1 fully saturated rings. The minimum atomic E-state index is -0.172. The van der Waals surface area contributed by atoms with Gasteiger partial charge in [0.05, 0.1) is 11.8 Å². The molecule has 2 aromatic carbocycles. The third kappa shape index (κ3) is 2.94. The summed E-state index contributed by atoms with van der Waals surface area (Å²) in [7, 11) is 6.70. The van der Waals surface area contributed by atoms with Crippen molar-refractivity contribution in [1.29, 1.82) is 0 Å². The van der Waals surface area contributed by atoms with Gasteiger partial charge >= 0.3 is 0 Å². The van der Waals surface area contributed by atoms with Gasteiger partial charge in [-0.25, -0.2) is 0 Å². The van der Waals surface area contributed by atoms with Gasteiger partial charge in [0.15, 0.2) is 0 Å². The van der Waals surface area contributed by atoms with Crippen LogP contribution in [0.1, 0.15) is 56.9 Å². The number of hydrogen-bond donors (Lipinski definition) is 0. The lowest BCUT2D eigenvalue weighted by Gasteiger charge is -2.52. The van der Waals surface area contributed by atoms with Crippen molar-refractivity contribution in [3.63, 3.8) is 0 Å². The van der Waals surface area contributed by atoms with Crippen molar-refractivity contribution in [1.82, 2.24) is 9.47 Å². The Kier molecular flexibility index (Phi) is 5.32. The smallest absolute Gasteiger partial charge is 0.109 e. The van der Waals surface area contributed by atoms with E-state index in [1.54, 1.807) is 0 Å². The van der Waals surface area contributed by atoms with E-state index in [0.717, 1.165) is 32.1 Å². The first-order valence-electron chi connectivity index (χ1n) is 10.9. The second-order valence-corrected chi connectivity index (χ2v) is 9.32. The molecule has 160 valence electrons. The van der Waals surface area contributed by atoms with Crippen molar-refractivity contribution >= 4 is 10.9 Å². The molecule has 30 heavy (non-hydrogen) atoms. The van der Waals surface area contributed by atoms with E-state index < -0.39 is 0 Å². The largest absolute Gasteiger partial charge is 0.365 e. The molecular weight excluding hydrogens is 368 g/mol. The summed E-state index contributed by atoms with van der Waals surface area (Å²) in [6, 6.07) is 19.9. The Morgan fingerprint density at radius 2 is 1.57 bits per heavy atom. The normalized spacial score (nSPS) is 28.5. The first kappa shape index (κ1) is 21.1. The summed E-state index contributed by atoms with van der Waals surface area (Å²) >= 11 is 0. The van der Waals surface area contributed by atoms with Gasteiger partial charge in [-0.05, 0) is 63.9 Å². The monoisotopic (exact) mass is 404 g/mol. The van der Waals surface area contributed by atoms with Crippen molar-refractivity contribution in [2.24, 2.45) is 7.05 Å². The topological polar surface area (TPSA) is 17.4 Å². The van der Waals surface area contributed by atoms with Crippen LogP contribution < -0.4 is 0 Å². The van der Waals surface area contributed by atoms with Gasteiger partial charge in [0.25, 0.3) is 0 Å². The highest BCUT2D eigenvalue weighted by atomic mass is 16.5. The number of aromatic nitrogens is 1. The Balaban J connectivity index is 0.00000218. The van der Waals surface area contributed by atoms with Gasteiger partial charge in [0.1, 0.15) is 5.60 Å². The van der Waals surface area contributed by atoms with Gasteiger partial charge in [-0.15, -0.1) is 0 Å². The number of hydrogen-bond acceptors (Lipinski definition) is 2. The number of fused-ring (bicyclic) bond motifs is 4. The molecule has 1 saturated carbocycles. The zero-order chi connectivity index (χ0) is 20.2. The molecule has 1 aromatic heterocycles. The van der Waals surface area contributed by atoms with Gasteiger partial charge in [-0.3, -0.25) is 4.90 Å². The summed E-state index contributed by atoms with van der Waals surface area (Å²) in [6.45, 7) is 2.25. The summed E-state index contributed by atoms with van der Waals surface area (Å²) < 4.78 is 9.24. The van der Waals surface area contributed by atoms with Crippen molar-refractivity contribution in [3.05, 3.63) is 71.4 Å². The SMILES string of the molecule is C.CC1Cc2c(n(C)c3ccccc23)C2(CCC(c3ccccc3)(N(C)C)CC2)O1. The van der Waals surface area contributed by atoms with Crippen molar-refractivity contribution in [3.8, 4) is 0 Å². The second kappa shape index (κ2) is 7.55. The summed E-state index contributed by atoms with van der Waals surface area (Å²) in [5.74, 6) is 0. The molecule has 1 atom stereocenters. The molecule has 1 aliphatic carbocycles. The van der Waals surface area contributed by atoms with E-state index in [1.165, 1.54) is 27.7 Å². The number of rotatable bonds is 2. The fourth-order valence-corrected chi connectivity index (χ4v) is 6.19. The quantitative estimate of drug-likeness (QED) is 0.521. The van der Waals surface area contributed by atoms with Crippen molar-refractivity contribution in [2.45, 2.75) is 63.7 Å². The maximum Gasteiger partial charge on any atom is 0.109 e. The molecular formula is C27H36N2O. The maximum absolute atomic E-state index is 6.82. The standard InChI is InChI=1S/C26H32N2O.CH4/c1-19-18-22-21-12-8-9-13-23(21)28(4)24(22)26(29-19)16-14-25(15-17-26,27(2)3)20-10-6-5-7-11-20;/h5-13,19H,14-18H2,1-4H3;1H4. The third-order valence-electron chi connectivity index (χ3n) is 7.61. The number of ether oxygens (including phenoxy) is 1. The van der Waals surface area contributed by atoms with E-state index in [2.05, 4.69) is 92.1 Å². The van der Waals surface area contributed by atoms with Crippen molar-refractivity contribution in [2.75, 3.05) is 14.1 Å². The van der Waals surface area contributed by atoms with Crippen LogP contribution in [0.2, 0.25) is 0 Å². The molecule has 1 unspecified atom stereocenters. The van der Waals surface area contributed by atoms with Crippen LogP contribution in [-0.4, -0.2) is 29.7 Å². The molecule has 0 amide bonds. The molecule has 3 heteroatoms. The van der Waals surface area contributed by atoms with Crippen LogP contribution in [0, 0.1) is 0 Å². The fourth-order valence-electron chi connectivity index (χ4n) is 6.19. The predicted molar refractivity (Wildman–Crippen MR) is 126 cm³/mol. The lowest BCUT2D eigenvalue weighted by molar-refractivity contribution is -0.146. The van der Waals surface area contributed by atoms with Crippen LogP contribution >= 0.6 is 0 Å². The second-order valence-electron chi connectivity index (χ2n) is 9.32. The average molecular weight is 405 g/mol. The van der Waals surface area contributed by atoms with Gasteiger partial charge in [0.2, 0.25) is 0 Å². The molecule has 0 saturated heterocycles. The summed E-state index contributed by atoms with van der Waals surface area (Å²) in [6.07, 6.45) is 5.60. The third-order valence-corrected chi connectivity index (χ3v) is 7.61. The first-order valence-corrected chi connectivity index (χ1v) is 10.9. The van der Waals surface area contributed by atoms with Crippen LogP contribution in [0.4, 0.5) is 0 Å². The van der Waals surface area contributed by atoms with E-state index in [4.69, 9.17) is 4.74 Å². The maximum atomic E-state index is 6.82. The van der Waals surface area contributed by atoms with Crippen LogP contribution in [0.5, 0.6) is 0 Å². The van der Waals surface area contributed by atoms with Crippen LogP contribution in [-0.2, 0) is 29.3 Å². The van der Waals surface area contributed by atoms with Crippen LogP contribution in [0.15, 0.2) is 54.6 Å². The zero-order valence-corrected chi connectivity index (χ0v) is 18.1. The Labute approximate surface area is 181 Å². The first-order chi connectivity index (χ1) is 14.0. The van der Waals surface area contributed by atoms with Gasteiger partial charge in [0, 0.05) is 29.9 Å². The van der Waals surface area contributed by atoms with Gasteiger partial charge in [-0.1, -0.05) is 56.0 Å². The highest BCUT2D eigenvalue weighted by molar-refractivity contribution is 5.86. The van der Waals surface area contributed by atoms with E-state index in [0.29, 0.717) is 0 Å². The Morgan fingerprint density at radius 3 is 2.23 bits per heavy atom. The van der Waals surface area contributed by atoms with Crippen LogP contribution in [0.25, 0.3) is 10.9 Å². The molecule has 2 heterocycles. The van der Waals surface area contributed by atoms with Crippen LogP contribution in [0.3, 0.4) is 0 Å². The minimum absolute atomic E-state index is 0. The molecule has 1 spiro atoms. The summed E-state index contributed by atoms with van der Waals surface area (Å²) in [5.41, 5.74) is 5.62. The number of benzene rings is 2. The zero-order valence-electron chi connectivity index (χ0n) is 18.1. The number of nitrogens with zero attached hydrogens (tertiary/aromatic N) is 2. The Hall–Kier alpha value is -2.10. The highest BCUT2D eigenvalue weighted by Crippen LogP contribution is 2.53.